The van der Waals surface area contributed by atoms with Gasteiger partial charge in [0.05, 0.1) is 0 Å². The Bertz CT molecular complexity index is 2500. The van der Waals surface area contributed by atoms with E-state index in [2.05, 4.69) is 176 Å². The third kappa shape index (κ3) is 4.03. The van der Waals surface area contributed by atoms with Crippen molar-refractivity contribution in [2.24, 2.45) is 0 Å². The van der Waals surface area contributed by atoms with Gasteiger partial charge in [-0.05, 0) is 99.9 Å². The van der Waals surface area contributed by atoms with Gasteiger partial charge in [0, 0.05) is 5.92 Å². The quantitative estimate of drug-likeness (QED) is 0.174. The zero-order chi connectivity index (χ0) is 31.6. The molecule has 0 N–H and O–H groups in total. The van der Waals surface area contributed by atoms with Gasteiger partial charge >= 0.3 is 0 Å². The monoisotopic (exact) mass is 608 g/mol. The van der Waals surface area contributed by atoms with Crippen LogP contribution in [0, 0.1) is 0 Å². The lowest BCUT2D eigenvalue weighted by Gasteiger charge is -2.27. The lowest BCUT2D eigenvalue weighted by molar-refractivity contribution is 0.861. The molecule has 0 radical (unpaired) electrons. The van der Waals surface area contributed by atoms with Gasteiger partial charge in [-0.2, -0.15) is 0 Å². The molecular formula is C48H32. The predicted octanol–water partition coefficient (Wildman–Crippen LogP) is 13.3. The van der Waals surface area contributed by atoms with Crippen LogP contribution in [0.25, 0.3) is 89.0 Å². The molecule has 8 aromatic carbocycles. The molecule has 2 aliphatic rings. The van der Waals surface area contributed by atoms with Gasteiger partial charge in [0.2, 0.25) is 0 Å². The SMILES string of the molecule is C1=Cc2ccc3c(-c4c5ccccc5c(-c5c(-c6ccccc6)cccc5-c5ccccc5)c5ccccc45)ccc4c3c2C(C=C4)C1. The summed E-state index contributed by atoms with van der Waals surface area (Å²) in [4.78, 5) is 0. The Hall–Kier alpha value is -5.98. The molecule has 0 aliphatic heterocycles. The summed E-state index contributed by atoms with van der Waals surface area (Å²) in [5.41, 5.74) is 14.3. The lowest BCUT2D eigenvalue weighted by atomic mass is 9.76. The molecule has 8 aromatic rings. The second kappa shape index (κ2) is 10.8. The average Bonchev–Trinajstić information content (AvgIpc) is 3.16. The van der Waals surface area contributed by atoms with Crippen molar-refractivity contribution in [3.8, 4) is 44.5 Å². The first kappa shape index (κ1) is 27.2. The van der Waals surface area contributed by atoms with Gasteiger partial charge in [0.15, 0.2) is 0 Å². The summed E-state index contributed by atoms with van der Waals surface area (Å²) >= 11 is 0. The summed E-state index contributed by atoms with van der Waals surface area (Å²) in [5.74, 6) is 0.443. The second-order valence-electron chi connectivity index (χ2n) is 13.1. The molecule has 0 bridgehead atoms. The van der Waals surface area contributed by atoms with Crippen LogP contribution in [0.4, 0.5) is 0 Å². The summed E-state index contributed by atoms with van der Waals surface area (Å²) in [6.45, 7) is 0. The van der Waals surface area contributed by atoms with Gasteiger partial charge in [-0.15, -0.1) is 0 Å². The maximum Gasteiger partial charge on any atom is 0.00682 e. The highest BCUT2D eigenvalue weighted by Crippen LogP contribution is 2.51. The first-order valence-corrected chi connectivity index (χ1v) is 17.0. The van der Waals surface area contributed by atoms with Crippen LogP contribution in [0.15, 0.2) is 164 Å². The molecule has 1 atom stereocenters. The summed E-state index contributed by atoms with van der Waals surface area (Å²) in [6, 6.07) is 56.1. The summed E-state index contributed by atoms with van der Waals surface area (Å²) in [5, 5.41) is 7.87. The van der Waals surface area contributed by atoms with Crippen LogP contribution >= 0.6 is 0 Å². The van der Waals surface area contributed by atoms with E-state index in [1.165, 1.54) is 93.5 Å². The highest BCUT2D eigenvalue weighted by molar-refractivity contribution is 6.26. The molecule has 2 aliphatic carbocycles. The fourth-order valence-electron chi connectivity index (χ4n) is 8.50. The van der Waals surface area contributed by atoms with Gasteiger partial charge in [0.25, 0.3) is 0 Å². The molecule has 0 saturated carbocycles. The summed E-state index contributed by atoms with van der Waals surface area (Å²) in [7, 11) is 0. The molecule has 1 unspecified atom stereocenters. The fraction of sp³-hybridized carbons (Fsp3) is 0.0417. The highest BCUT2D eigenvalue weighted by Gasteiger charge is 2.26. The van der Waals surface area contributed by atoms with E-state index in [0.717, 1.165) is 6.42 Å². The van der Waals surface area contributed by atoms with E-state index in [1.54, 1.807) is 0 Å². The van der Waals surface area contributed by atoms with Crippen LogP contribution in [0.2, 0.25) is 0 Å². The second-order valence-corrected chi connectivity index (χ2v) is 13.1. The third-order valence-electron chi connectivity index (χ3n) is 10.5. The van der Waals surface area contributed by atoms with Crippen molar-refractivity contribution in [1.29, 1.82) is 0 Å². The Morgan fingerprint density at radius 3 is 1.56 bits per heavy atom. The fourth-order valence-corrected chi connectivity index (χ4v) is 8.50. The van der Waals surface area contributed by atoms with Gasteiger partial charge in [-0.1, -0.05) is 176 Å². The molecule has 0 nitrogen and oxygen atoms in total. The van der Waals surface area contributed by atoms with Crippen molar-refractivity contribution in [1.82, 2.24) is 0 Å². The summed E-state index contributed by atoms with van der Waals surface area (Å²) in [6.07, 6.45) is 10.5. The van der Waals surface area contributed by atoms with E-state index in [1.807, 2.05) is 0 Å². The molecule has 10 rings (SSSR count). The van der Waals surface area contributed by atoms with E-state index in [-0.39, 0.29) is 0 Å². The number of benzene rings is 8. The lowest BCUT2D eigenvalue weighted by Crippen LogP contribution is -2.06. The number of rotatable bonds is 4. The molecular weight excluding hydrogens is 577 g/mol. The molecule has 0 amide bonds. The normalized spacial score (nSPS) is 14.6. The first-order valence-electron chi connectivity index (χ1n) is 17.0. The van der Waals surface area contributed by atoms with E-state index >= 15 is 0 Å². The van der Waals surface area contributed by atoms with Crippen molar-refractivity contribution in [3.05, 3.63) is 181 Å². The molecule has 224 valence electrons. The van der Waals surface area contributed by atoms with Gasteiger partial charge in [0.1, 0.15) is 0 Å². The van der Waals surface area contributed by atoms with Crippen LogP contribution in [0.5, 0.6) is 0 Å². The molecule has 0 heteroatoms. The minimum Gasteiger partial charge on any atom is -0.0830 e. The van der Waals surface area contributed by atoms with Crippen LogP contribution in [-0.4, -0.2) is 0 Å². The topological polar surface area (TPSA) is 0 Å². The molecule has 48 heavy (non-hydrogen) atoms. The van der Waals surface area contributed by atoms with E-state index in [4.69, 9.17) is 0 Å². The minimum absolute atomic E-state index is 0.443. The first-order chi connectivity index (χ1) is 23.8. The van der Waals surface area contributed by atoms with Crippen molar-refractivity contribution in [2.45, 2.75) is 12.3 Å². The van der Waals surface area contributed by atoms with E-state index in [9.17, 15) is 0 Å². The third-order valence-corrected chi connectivity index (χ3v) is 10.5. The smallest absolute Gasteiger partial charge is 0.00682 e. The average molecular weight is 609 g/mol. The highest BCUT2D eigenvalue weighted by atomic mass is 14.3. The van der Waals surface area contributed by atoms with Crippen molar-refractivity contribution >= 4 is 44.5 Å². The van der Waals surface area contributed by atoms with E-state index in [0.29, 0.717) is 5.92 Å². The Balaban J connectivity index is 1.36. The molecule has 0 fully saturated rings. The maximum atomic E-state index is 2.40. The Morgan fingerprint density at radius 2 is 0.938 bits per heavy atom. The maximum absolute atomic E-state index is 2.40. The molecule has 0 spiro atoms. The zero-order valence-corrected chi connectivity index (χ0v) is 26.5. The minimum atomic E-state index is 0.443. The van der Waals surface area contributed by atoms with Crippen LogP contribution in [0.3, 0.4) is 0 Å². The standard InChI is InChI=1S/C48H32/c1-3-13-31(14-4-1)36-23-12-24-37(32-15-5-2-6-16-32)47(36)48-40-21-9-7-19-38(40)46(39-20-8-10-22-41(39)48)43-30-28-35-26-25-33-17-11-18-34-27-29-42(43)45(35)44(33)34/h1-16,18-30,33H,17H2. The Kier molecular flexibility index (Phi) is 6.11. The van der Waals surface area contributed by atoms with Crippen molar-refractivity contribution < 1.29 is 0 Å². The van der Waals surface area contributed by atoms with Crippen LogP contribution in [-0.2, 0) is 0 Å². The largest absolute Gasteiger partial charge is 0.0830 e. The van der Waals surface area contributed by atoms with Gasteiger partial charge in [-0.25, -0.2) is 0 Å². The molecule has 0 aromatic heterocycles. The number of fused-ring (bicyclic) bond motifs is 2. The number of hydrogen-bond acceptors (Lipinski definition) is 0. The number of hydrogen-bond donors (Lipinski definition) is 0. The molecule has 0 saturated heterocycles. The van der Waals surface area contributed by atoms with Gasteiger partial charge in [-0.3, -0.25) is 0 Å². The van der Waals surface area contributed by atoms with Crippen LogP contribution in [0.1, 0.15) is 29.0 Å². The van der Waals surface area contributed by atoms with Gasteiger partial charge < -0.3 is 0 Å². The van der Waals surface area contributed by atoms with Crippen molar-refractivity contribution in [2.75, 3.05) is 0 Å². The summed E-state index contributed by atoms with van der Waals surface area (Å²) < 4.78 is 0. The van der Waals surface area contributed by atoms with E-state index < -0.39 is 0 Å². The Morgan fingerprint density at radius 1 is 0.375 bits per heavy atom. The molecule has 0 heterocycles. The van der Waals surface area contributed by atoms with Crippen LogP contribution < -0.4 is 0 Å². The number of allylic oxidation sites excluding steroid dienone is 2. The van der Waals surface area contributed by atoms with Crippen molar-refractivity contribution in [3.63, 3.8) is 0 Å². The predicted molar refractivity (Wildman–Crippen MR) is 206 cm³/mol. The zero-order valence-electron chi connectivity index (χ0n) is 26.5. The Labute approximate surface area is 281 Å².